The zero-order valence-corrected chi connectivity index (χ0v) is 14.8. The molecule has 1 aliphatic rings. The average Bonchev–Trinajstić information content (AvgIpc) is 2.93. The number of hydrogen-bond donors (Lipinski definition) is 2. The third kappa shape index (κ3) is 2.96. The number of aliphatic hydroxyl groups is 1. The highest BCUT2D eigenvalue weighted by atomic mass is 16.3. The van der Waals surface area contributed by atoms with Gasteiger partial charge < -0.3 is 10.2 Å². The summed E-state index contributed by atoms with van der Waals surface area (Å²) in [5.74, 6) is -1.28. The van der Waals surface area contributed by atoms with Crippen molar-refractivity contribution >= 4 is 17.4 Å². The molecule has 1 unspecified atom stereocenters. The lowest BCUT2D eigenvalue weighted by molar-refractivity contribution is -0.118. The first-order valence-electron chi connectivity index (χ1n) is 8.65. The predicted octanol–water partition coefficient (Wildman–Crippen LogP) is 3.83. The van der Waals surface area contributed by atoms with Crippen LogP contribution in [0.15, 0.2) is 59.9 Å². The number of aryl methyl sites for hydroxylation is 1. The number of carbonyl (C=O) groups is 2. The summed E-state index contributed by atoms with van der Waals surface area (Å²) in [5, 5.41) is 20.0. The van der Waals surface area contributed by atoms with Crippen LogP contribution in [-0.4, -0.2) is 21.9 Å². The molecule has 3 rings (SSSR count). The van der Waals surface area contributed by atoms with Gasteiger partial charge in [0.25, 0.3) is 5.91 Å². The van der Waals surface area contributed by atoms with E-state index >= 15 is 0 Å². The van der Waals surface area contributed by atoms with Crippen LogP contribution in [0.2, 0.25) is 0 Å². The van der Waals surface area contributed by atoms with E-state index in [1.807, 2.05) is 31.2 Å². The standard InChI is InChI=1S/C21H21NO4/c1-3-13-5-9-15(10-6-13)22-19(14-7-11-16(23)12-8-14)18(17(24)4-2)20(25)21(22)26/h5-12,19,23,25H,3-4H2,1-2H3. The molecule has 0 saturated carbocycles. The van der Waals surface area contributed by atoms with Crippen molar-refractivity contribution in [3.05, 3.63) is 71.0 Å². The number of phenolic OH excluding ortho intramolecular Hbond substituents is 1. The molecule has 5 nitrogen and oxygen atoms in total. The molecule has 0 fully saturated rings. The third-order valence-corrected chi connectivity index (χ3v) is 4.66. The first-order valence-corrected chi connectivity index (χ1v) is 8.65. The first-order chi connectivity index (χ1) is 12.5. The Hall–Kier alpha value is -3.08. The molecule has 5 heteroatoms. The van der Waals surface area contributed by atoms with Crippen molar-refractivity contribution in [3.8, 4) is 5.75 Å². The van der Waals surface area contributed by atoms with Gasteiger partial charge in [-0.1, -0.05) is 38.1 Å². The molecule has 0 bridgehead atoms. The average molecular weight is 351 g/mol. The van der Waals surface area contributed by atoms with Crippen LogP contribution in [0.3, 0.4) is 0 Å². The highest BCUT2D eigenvalue weighted by Crippen LogP contribution is 2.41. The Morgan fingerprint density at radius 2 is 1.62 bits per heavy atom. The molecule has 0 saturated heterocycles. The van der Waals surface area contributed by atoms with Crippen molar-refractivity contribution in [1.82, 2.24) is 0 Å². The molecule has 1 heterocycles. The summed E-state index contributed by atoms with van der Waals surface area (Å²) >= 11 is 0. The van der Waals surface area contributed by atoms with Crippen LogP contribution in [0.25, 0.3) is 0 Å². The van der Waals surface area contributed by atoms with Gasteiger partial charge in [-0.15, -0.1) is 0 Å². The van der Waals surface area contributed by atoms with Gasteiger partial charge in [-0.05, 0) is 41.8 Å². The maximum atomic E-state index is 12.8. The number of amides is 1. The van der Waals surface area contributed by atoms with E-state index in [1.54, 1.807) is 19.1 Å². The SMILES string of the molecule is CCC(=O)C1=C(O)C(=O)N(c2ccc(CC)cc2)C1c1ccc(O)cc1. The topological polar surface area (TPSA) is 77.8 Å². The number of ketones is 1. The second kappa shape index (κ2) is 7.04. The van der Waals surface area contributed by atoms with Crippen molar-refractivity contribution in [2.24, 2.45) is 0 Å². The predicted molar refractivity (Wildman–Crippen MR) is 99.1 cm³/mol. The molecule has 1 amide bonds. The van der Waals surface area contributed by atoms with Gasteiger partial charge in [0.1, 0.15) is 5.75 Å². The van der Waals surface area contributed by atoms with Crippen LogP contribution in [0, 0.1) is 0 Å². The minimum Gasteiger partial charge on any atom is -0.508 e. The largest absolute Gasteiger partial charge is 0.508 e. The number of rotatable bonds is 5. The van der Waals surface area contributed by atoms with Crippen molar-refractivity contribution in [2.75, 3.05) is 4.90 Å². The Morgan fingerprint density at radius 1 is 1.00 bits per heavy atom. The summed E-state index contributed by atoms with van der Waals surface area (Å²) in [6.45, 7) is 3.74. The fourth-order valence-electron chi connectivity index (χ4n) is 3.21. The minimum atomic E-state index is -0.719. The first kappa shape index (κ1) is 17.7. The van der Waals surface area contributed by atoms with Gasteiger partial charge in [-0.25, -0.2) is 0 Å². The Morgan fingerprint density at radius 3 is 2.15 bits per heavy atom. The van der Waals surface area contributed by atoms with Crippen LogP contribution >= 0.6 is 0 Å². The normalized spacial score (nSPS) is 17.1. The summed E-state index contributed by atoms with van der Waals surface area (Å²) in [5.41, 5.74) is 2.48. The Kier molecular flexibility index (Phi) is 4.80. The molecule has 26 heavy (non-hydrogen) atoms. The van der Waals surface area contributed by atoms with Crippen LogP contribution in [-0.2, 0) is 16.0 Å². The van der Waals surface area contributed by atoms with Crippen LogP contribution < -0.4 is 4.90 Å². The van der Waals surface area contributed by atoms with E-state index in [1.165, 1.54) is 17.0 Å². The van der Waals surface area contributed by atoms with Gasteiger partial charge in [0.2, 0.25) is 0 Å². The maximum Gasteiger partial charge on any atom is 0.294 e. The molecule has 2 N–H and O–H groups in total. The van der Waals surface area contributed by atoms with Crippen molar-refractivity contribution in [2.45, 2.75) is 32.7 Å². The second-order valence-corrected chi connectivity index (χ2v) is 6.23. The molecule has 0 aliphatic carbocycles. The van der Waals surface area contributed by atoms with Gasteiger partial charge in [-0.3, -0.25) is 14.5 Å². The number of aromatic hydroxyl groups is 1. The van der Waals surface area contributed by atoms with Crippen LogP contribution in [0.4, 0.5) is 5.69 Å². The fraction of sp³-hybridized carbons (Fsp3) is 0.238. The lowest BCUT2D eigenvalue weighted by Gasteiger charge is -2.27. The highest BCUT2D eigenvalue weighted by molar-refractivity contribution is 6.16. The van der Waals surface area contributed by atoms with Crippen molar-refractivity contribution < 1.29 is 19.8 Å². The summed E-state index contributed by atoms with van der Waals surface area (Å²) in [6.07, 6.45) is 1.06. The van der Waals surface area contributed by atoms with E-state index in [2.05, 4.69) is 0 Å². The van der Waals surface area contributed by atoms with Gasteiger partial charge in [-0.2, -0.15) is 0 Å². The fourth-order valence-corrected chi connectivity index (χ4v) is 3.21. The number of benzene rings is 2. The highest BCUT2D eigenvalue weighted by Gasteiger charge is 2.43. The molecular weight excluding hydrogens is 330 g/mol. The molecule has 134 valence electrons. The Bertz CT molecular complexity index is 866. The quantitative estimate of drug-likeness (QED) is 0.858. The zero-order chi connectivity index (χ0) is 18.8. The summed E-state index contributed by atoms with van der Waals surface area (Å²) in [7, 11) is 0. The zero-order valence-electron chi connectivity index (χ0n) is 14.8. The number of nitrogens with zero attached hydrogens (tertiary/aromatic N) is 1. The number of phenols is 1. The summed E-state index contributed by atoms with van der Waals surface area (Å²) in [6, 6.07) is 13.1. The maximum absolute atomic E-state index is 12.8. The summed E-state index contributed by atoms with van der Waals surface area (Å²) < 4.78 is 0. The van der Waals surface area contributed by atoms with Gasteiger partial charge in [0.05, 0.1) is 11.6 Å². The molecule has 2 aromatic carbocycles. The summed E-state index contributed by atoms with van der Waals surface area (Å²) in [4.78, 5) is 26.6. The van der Waals surface area contributed by atoms with E-state index < -0.39 is 17.7 Å². The molecule has 0 aromatic heterocycles. The van der Waals surface area contributed by atoms with Crippen molar-refractivity contribution in [1.29, 1.82) is 0 Å². The number of anilines is 1. The van der Waals surface area contributed by atoms with Gasteiger partial charge >= 0.3 is 0 Å². The molecular formula is C21H21NO4. The smallest absolute Gasteiger partial charge is 0.294 e. The van der Waals surface area contributed by atoms with Crippen LogP contribution in [0.1, 0.15) is 37.4 Å². The number of hydrogen-bond acceptors (Lipinski definition) is 4. The van der Waals surface area contributed by atoms with E-state index in [0.29, 0.717) is 11.3 Å². The van der Waals surface area contributed by atoms with Gasteiger partial charge in [0.15, 0.2) is 11.5 Å². The lowest BCUT2D eigenvalue weighted by Crippen LogP contribution is -2.31. The third-order valence-electron chi connectivity index (χ3n) is 4.66. The second-order valence-electron chi connectivity index (χ2n) is 6.23. The molecule has 1 aliphatic heterocycles. The molecule has 2 aromatic rings. The van der Waals surface area contributed by atoms with E-state index in [4.69, 9.17) is 0 Å². The Labute approximate surface area is 152 Å². The molecule has 0 radical (unpaired) electrons. The molecule has 1 atom stereocenters. The van der Waals surface area contributed by atoms with Crippen molar-refractivity contribution in [3.63, 3.8) is 0 Å². The van der Waals surface area contributed by atoms with Crippen LogP contribution in [0.5, 0.6) is 5.75 Å². The monoisotopic (exact) mass is 351 g/mol. The minimum absolute atomic E-state index is 0.0912. The number of carbonyl (C=O) groups excluding carboxylic acids is 2. The molecule has 0 spiro atoms. The van der Waals surface area contributed by atoms with E-state index in [-0.39, 0.29) is 23.5 Å². The van der Waals surface area contributed by atoms with E-state index in [0.717, 1.165) is 12.0 Å². The Balaban J connectivity index is 2.13. The lowest BCUT2D eigenvalue weighted by atomic mass is 9.94. The van der Waals surface area contributed by atoms with Gasteiger partial charge in [0, 0.05) is 12.1 Å². The number of Topliss-reactive ketones (excluding diaryl/α,β-unsaturated/α-hetero) is 1. The number of aliphatic hydroxyl groups excluding tert-OH is 1. The van der Waals surface area contributed by atoms with E-state index in [9.17, 15) is 19.8 Å².